The summed E-state index contributed by atoms with van der Waals surface area (Å²) in [6.45, 7) is 0. The summed E-state index contributed by atoms with van der Waals surface area (Å²) in [5, 5.41) is 0. The zero-order chi connectivity index (χ0) is 20.7. The van der Waals surface area contributed by atoms with Crippen LogP contribution in [0.3, 0.4) is 0 Å². The standard InChI is InChI=1S/C24H32N4O2/c25-23(29)22-24(30)28(21-11-7-6-10-20(21)26-22)19-14-17-12-13-18(15-19)27(17)16-8-4-2-1-3-5-9-16/h6-7,10-11,16-19H,1-5,8-9,12-15H2,(H2,25,29)/t17-,18+,19?. The number of aromatic nitrogens is 2. The molecule has 2 aliphatic heterocycles. The number of benzene rings is 1. The summed E-state index contributed by atoms with van der Waals surface area (Å²) in [5.41, 5.74) is 6.51. The predicted octanol–water partition coefficient (Wildman–Crippen LogP) is 3.78. The van der Waals surface area contributed by atoms with Crippen LogP contribution in [0.4, 0.5) is 0 Å². The molecule has 5 rings (SSSR count). The molecule has 0 radical (unpaired) electrons. The molecule has 2 N–H and O–H groups in total. The number of nitrogens with two attached hydrogens (primary N) is 1. The lowest BCUT2D eigenvalue weighted by molar-refractivity contribution is 0.0497. The Morgan fingerprint density at radius 1 is 0.867 bits per heavy atom. The highest BCUT2D eigenvalue weighted by Gasteiger charge is 2.44. The number of amides is 1. The van der Waals surface area contributed by atoms with E-state index in [0.29, 0.717) is 23.6 Å². The second-order valence-corrected chi connectivity index (χ2v) is 9.44. The number of rotatable bonds is 3. The monoisotopic (exact) mass is 408 g/mol. The summed E-state index contributed by atoms with van der Waals surface area (Å²) in [7, 11) is 0. The molecular weight excluding hydrogens is 376 g/mol. The van der Waals surface area contributed by atoms with Crippen molar-refractivity contribution in [3.05, 3.63) is 40.3 Å². The van der Waals surface area contributed by atoms with E-state index >= 15 is 0 Å². The molecule has 2 aromatic rings. The molecule has 1 aromatic carbocycles. The maximum atomic E-state index is 13.2. The fraction of sp³-hybridized carbons (Fsp3) is 0.625. The number of para-hydroxylation sites is 2. The van der Waals surface area contributed by atoms with Crippen LogP contribution in [0.2, 0.25) is 0 Å². The van der Waals surface area contributed by atoms with Crippen molar-refractivity contribution in [3.63, 3.8) is 0 Å². The van der Waals surface area contributed by atoms with Crippen LogP contribution in [0.1, 0.15) is 87.2 Å². The van der Waals surface area contributed by atoms with Gasteiger partial charge in [0.15, 0.2) is 5.69 Å². The number of hydrogen-bond donors (Lipinski definition) is 1. The van der Waals surface area contributed by atoms with E-state index in [-0.39, 0.29) is 17.3 Å². The van der Waals surface area contributed by atoms with E-state index in [1.807, 2.05) is 28.8 Å². The average Bonchev–Trinajstić information content (AvgIpc) is 2.96. The number of hydrogen-bond acceptors (Lipinski definition) is 4. The van der Waals surface area contributed by atoms with Crippen molar-refractivity contribution >= 4 is 16.9 Å². The fourth-order valence-corrected chi connectivity index (χ4v) is 6.40. The Labute approximate surface area is 177 Å². The first-order valence-corrected chi connectivity index (χ1v) is 11.7. The molecule has 2 bridgehead atoms. The second-order valence-electron chi connectivity index (χ2n) is 9.44. The lowest BCUT2D eigenvalue weighted by Crippen LogP contribution is -2.50. The first-order chi connectivity index (χ1) is 14.6. The van der Waals surface area contributed by atoms with Gasteiger partial charge in [-0.25, -0.2) is 4.98 Å². The molecule has 3 fully saturated rings. The van der Waals surface area contributed by atoms with Crippen LogP contribution in [-0.4, -0.2) is 38.5 Å². The Balaban J connectivity index is 1.48. The number of primary amides is 1. The first kappa shape index (κ1) is 19.7. The van der Waals surface area contributed by atoms with Crippen molar-refractivity contribution in [2.24, 2.45) is 5.73 Å². The van der Waals surface area contributed by atoms with Crippen LogP contribution < -0.4 is 11.3 Å². The topological polar surface area (TPSA) is 81.2 Å². The SMILES string of the molecule is NC(=O)c1nc2ccccc2n(C2C[C@H]3CC[C@@H](C2)N3C2CCCCCCC2)c1=O. The molecule has 1 unspecified atom stereocenters. The molecule has 3 atom stereocenters. The van der Waals surface area contributed by atoms with Crippen molar-refractivity contribution < 1.29 is 4.79 Å². The van der Waals surface area contributed by atoms with Gasteiger partial charge in [0.05, 0.1) is 11.0 Å². The second kappa shape index (κ2) is 8.14. The quantitative estimate of drug-likeness (QED) is 0.838. The zero-order valence-electron chi connectivity index (χ0n) is 17.6. The van der Waals surface area contributed by atoms with E-state index in [4.69, 9.17) is 5.73 Å². The van der Waals surface area contributed by atoms with Gasteiger partial charge in [0.1, 0.15) is 0 Å². The summed E-state index contributed by atoms with van der Waals surface area (Å²) in [6, 6.07) is 9.50. The van der Waals surface area contributed by atoms with Crippen molar-refractivity contribution in [1.29, 1.82) is 0 Å². The van der Waals surface area contributed by atoms with Crippen molar-refractivity contribution in [3.8, 4) is 0 Å². The molecule has 160 valence electrons. The van der Waals surface area contributed by atoms with Crippen molar-refractivity contribution in [2.45, 2.75) is 94.8 Å². The van der Waals surface area contributed by atoms with Gasteiger partial charge < -0.3 is 10.3 Å². The Bertz CT molecular complexity index is 978. The van der Waals surface area contributed by atoms with Gasteiger partial charge in [-0.3, -0.25) is 14.5 Å². The molecule has 6 heteroatoms. The summed E-state index contributed by atoms with van der Waals surface area (Å²) < 4.78 is 1.84. The zero-order valence-corrected chi connectivity index (χ0v) is 17.6. The first-order valence-electron chi connectivity index (χ1n) is 11.7. The lowest BCUT2D eigenvalue weighted by atomic mass is 9.89. The molecule has 30 heavy (non-hydrogen) atoms. The van der Waals surface area contributed by atoms with E-state index < -0.39 is 5.91 Å². The van der Waals surface area contributed by atoms with Crippen LogP contribution in [0.5, 0.6) is 0 Å². The largest absolute Gasteiger partial charge is 0.364 e. The highest BCUT2D eigenvalue weighted by molar-refractivity contribution is 5.92. The fourth-order valence-electron chi connectivity index (χ4n) is 6.40. The minimum atomic E-state index is -0.741. The van der Waals surface area contributed by atoms with Gasteiger partial charge in [0.25, 0.3) is 11.5 Å². The summed E-state index contributed by atoms with van der Waals surface area (Å²) in [4.78, 5) is 32.2. The normalized spacial score (nSPS) is 28.3. The van der Waals surface area contributed by atoms with Crippen molar-refractivity contribution in [1.82, 2.24) is 14.5 Å². The molecule has 1 saturated carbocycles. The van der Waals surface area contributed by atoms with Crippen LogP contribution >= 0.6 is 0 Å². The molecule has 3 aliphatic rings. The van der Waals surface area contributed by atoms with E-state index in [9.17, 15) is 9.59 Å². The number of nitrogens with zero attached hydrogens (tertiary/aromatic N) is 3. The molecule has 0 spiro atoms. The van der Waals surface area contributed by atoms with Gasteiger partial charge in [-0.05, 0) is 50.7 Å². The van der Waals surface area contributed by atoms with E-state index in [1.54, 1.807) is 0 Å². The van der Waals surface area contributed by atoms with Gasteiger partial charge in [-0.2, -0.15) is 0 Å². The molecule has 1 amide bonds. The van der Waals surface area contributed by atoms with Crippen LogP contribution in [0, 0.1) is 0 Å². The van der Waals surface area contributed by atoms with Gasteiger partial charge in [0, 0.05) is 24.2 Å². The number of fused-ring (bicyclic) bond motifs is 3. The van der Waals surface area contributed by atoms with Gasteiger partial charge >= 0.3 is 0 Å². The number of piperidine rings is 1. The third-order valence-electron chi connectivity index (χ3n) is 7.65. The average molecular weight is 409 g/mol. The Morgan fingerprint density at radius 3 is 2.17 bits per heavy atom. The lowest BCUT2D eigenvalue weighted by Gasteiger charge is -2.45. The van der Waals surface area contributed by atoms with Crippen molar-refractivity contribution in [2.75, 3.05) is 0 Å². The van der Waals surface area contributed by atoms with Gasteiger partial charge in [-0.15, -0.1) is 0 Å². The Kier molecular flexibility index (Phi) is 5.35. The Morgan fingerprint density at radius 2 is 1.50 bits per heavy atom. The molecule has 1 aromatic heterocycles. The minimum Gasteiger partial charge on any atom is -0.364 e. The number of carbonyl (C=O) groups is 1. The molecular formula is C24H32N4O2. The summed E-state index contributed by atoms with van der Waals surface area (Å²) in [6.07, 6.45) is 13.9. The van der Waals surface area contributed by atoms with Crippen LogP contribution in [-0.2, 0) is 0 Å². The number of carbonyl (C=O) groups excluding carboxylic acids is 1. The highest BCUT2D eigenvalue weighted by atomic mass is 16.2. The van der Waals surface area contributed by atoms with Crippen LogP contribution in [0.15, 0.2) is 29.1 Å². The maximum absolute atomic E-state index is 13.2. The third-order valence-corrected chi connectivity index (χ3v) is 7.65. The molecule has 3 heterocycles. The molecule has 6 nitrogen and oxygen atoms in total. The summed E-state index contributed by atoms with van der Waals surface area (Å²) in [5.74, 6) is -0.741. The minimum absolute atomic E-state index is 0.103. The van der Waals surface area contributed by atoms with Gasteiger partial charge in [0.2, 0.25) is 0 Å². The summed E-state index contributed by atoms with van der Waals surface area (Å²) >= 11 is 0. The smallest absolute Gasteiger partial charge is 0.282 e. The Hall–Kier alpha value is -2.21. The van der Waals surface area contributed by atoms with Crippen LogP contribution in [0.25, 0.3) is 11.0 Å². The van der Waals surface area contributed by atoms with E-state index in [1.165, 1.54) is 57.8 Å². The van der Waals surface area contributed by atoms with E-state index in [0.717, 1.165) is 18.4 Å². The maximum Gasteiger partial charge on any atom is 0.282 e. The highest BCUT2D eigenvalue weighted by Crippen LogP contribution is 2.44. The third kappa shape index (κ3) is 3.45. The predicted molar refractivity (Wildman–Crippen MR) is 118 cm³/mol. The molecule has 1 aliphatic carbocycles. The van der Waals surface area contributed by atoms with E-state index in [2.05, 4.69) is 9.88 Å². The molecule has 2 saturated heterocycles. The van der Waals surface area contributed by atoms with Gasteiger partial charge in [-0.1, -0.05) is 44.2 Å².